The minimum Gasteiger partial charge on any atom is -0.478 e. The maximum atomic E-state index is 11.4. The van der Waals surface area contributed by atoms with E-state index in [1.165, 1.54) is 0 Å². The van der Waals surface area contributed by atoms with E-state index in [4.69, 9.17) is 15.2 Å². The first kappa shape index (κ1) is 11.9. The maximum Gasteiger partial charge on any atom is 0.347 e. The molecule has 1 unspecified atom stereocenters. The highest BCUT2D eigenvalue weighted by atomic mass is 16.6. The summed E-state index contributed by atoms with van der Waals surface area (Å²) in [5.41, 5.74) is 6.95. The Hall–Kier alpha value is -1.55. The van der Waals surface area contributed by atoms with Crippen molar-refractivity contribution in [2.75, 3.05) is 6.61 Å². The van der Waals surface area contributed by atoms with Gasteiger partial charge in [0.15, 0.2) is 6.10 Å². The van der Waals surface area contributed by atoms with Gasteiger partial charge in [0.1, 0.15) is 5.75 Å². The van der Waals surface area contributed by atoms with Crippen LogP contribution in [-0.4, -0.2) is 18.7 Å². The number of esters is 1. The fourth-order valence-corrected chi connectivity index (χ4v) is 1.85. The molecule has 0 amide bonds. The molecule has 1 aromatic carbocycles. The Morgan fingerprint density at radius 2 is 2.29 bits per heavy atom. The van der Waals surface area contributed by atoms with Crippen LogP contribution in [0.4, 0.5) is 0 Å². The monoisotopic (exact) mass is 235 g/mol. The molecule has 4 nitrogen and oxygen atoms in total. The molecule has 0 radical (unpaired) electrons. The summed E-state index contributed by atoms with van der Waals surface area (Å²) in [7, 11) is 0. The third-order valence-corrected chi connectivity index (χ3v) is 2.91. The van der Waals surface area contributed by atoms with Gasteiger partial charge >= 0.3 is 5.97 Å². The van der Waals surface area contributed by atoms with Crippen molar-refractivity contribution in [3.63, 3.8) is 0 Å². The molecule has 0 bridgehead atoms. The van der Waals surface area contributed by atoms with Crippen LogP contribution in [0.1, 0.15) is 31.4 Å². The molecule has 1 aliphatic heterocycles. The first-order chi connectivity index (χ1) is 8.22. The van der Waals surface area contributed by atoms with Crippen molar-refractivity contribution in [3.05, 3.63) is 29.8 Å². The molecular weight excluding hydrogens is 218 g/mol. The molecule has 0 aromatic heterocycles. The topological polar surface area (TPSA) is 61.6 Å². The fourth-order valence-electron chi connectivity index (χ4n) is 1.85. The van der Waals surface area contributed by atoms with Crippen molar-refractivity contribution in [1.29, 1.82) is 0 Å². The number of carbonyl (C=O) groups is 1. The molecule has 1 aliphatic rings. The van der Waals surface area contributed by atoms with Crippen LogP contribution in [0.3, 0.4) is 0 Å². The van der Waals surface area contributed by atoms with Crippen LogP contribution in [-0.2, 0) is 9.53 Å². The quantitative estimate of drug-likeness (QED) is 0.808. The van der Waals surface area contributed by atoms with Gasteiger partial charge < -0.3 is 15.2 Å². The second-order valence-electron chi connectivity index (χ2n) is 4.12. The Labute approximate surface area is 101 Å². The number of cyclic esters (lactones) is 1. The zero-order valence-electron chi connectivity index (χ0n) is 9.89. The average Bonchev–Trinajstić information content (AvgIpc) is 2.75. The van der Waals surface area contributed by atoms with Crippen molar-refractivity contribution < 1.29 is 14.3 Å². The predicted octanol–water partition coefficient (Wildman–Crippen LogP) is 1.79. The first-order valence-corrected chi connectivity index (χ1v) is 5.90. The first-order valence-electron chi connectivity index (χ1n) is 5.90. The highest BCUT2D eigenvalue weighted by Crippen LogP contribution is 2.27. The summed E-state index contributed by atoms with van der Waals surface area (Å²) in [6.07, 6.45) is 0.949. The van der Waals surface area contributed by atoms with Crippen LogP contribution < -0.4 is 10.5 Å². The number of hydrogen-bond donors (Lipinski definition) is 1. The van der Waals surface area contributed by atoms with Crippen molar-refractivity contribution in [3.8, 4) is 5.75 Å². The van der Waals surface area contributed by atoms with Crippen LogP contribution in [0.25, 0.3) is 0 Å². The van der Waals surface area contributed by atoms with Crippen LogP contribution in [0.15, 0.2) is 24.3 Å². The molecule has 17 heavy (non-hydrogen) atoms. The van der Waals surface area contributed by atoms with E-state index in [1.807, 2.05) is 31.2 Å². The van der Waals surface area contributed by atoms with E-state index in [0.717, 1.165) is 12.0 Å². The lowest BCUT2D eigenvalue weighted by Crippen LogP contribution is -2.23. The van der Waals surface area contributed by atoms with E-state index in [-0.39, 0.29) is 12.0 Å². The Morgan fingerprint density at radius 3 is 2.94 bits per heavy atom. The van der Waals surface area contributed by atoms with E-state index < -0.39 is 6.10 Å². The summed E-state index contributed by atoms with van der Waals surface area (Å²) in [5, 5.41) is 0. The summed E-state index contributed by atoms with van der Waals surface area (Å²) in [6.45, 7) is 2.46. The number of ether oxygens (including phenoxy) is 2. The van der Waals surface area contributed by atoms with Gasteiger partial charge in [-0.15, -0.1) is 0 Å². The van der Waals surface area contributed by atoms with Crippen LogP contribution >= 0.6 is 0 Å². The number of nitrogens with two attached hydrogens (primary N) is 1. The number of benzene rings is 1. The van der Waals surface area contributed by atoms with Crippen LogP contribution in [0.5, 0.6) is 5.75 Å². The average molecular weight is 235 g/mol. The molecule has 0 saturated carbocycles. The molecule has 2 rings (SSSR count). The highest BCUT2D eigenvalue weighted by Gasteiger charge is 2.29. The Morgan fingerprint density at radius 1 is 1.53 bits per heavy atom. The van der Waals surface area contributed by atoms with E-state index in [2.05, 4.69) is 0 Å². The summed E-state index contributed by atoms with van der Waals surface area (Å²) in [4.78, 5) is 11.4. The van der Waals surface area contributed by atoms with Gasteiger partial charge in [0, 0.05) is 18.0 Å². The highest BCUT2D eigenvalue weighted by molar-refractivity contribution is 5.76. The summed E-state index contributed by atoms with van der Waals surface area (Å²) in [6, 6.07) is 7.51. The van der Waals surface area contributed by atoms with Crippen LogP contribution in [0.2, 0.25) is 0 Å². The van der Waals surface area contributed by atoms with Gasteiger partial charge in [0.2, 0.25) is 0 Å². The second-order valence-corrected chi connectivity index (χ2v) is 4.12. The number of para-hydroxylation sites is 1. The van der Waals surface area contributed by atoms with Crippen LogP contribution in [0, 0.1) is 0 Å². The largest absolute Gasteiger partial charge is 0.478 e. The maximum absolute atomic E-state index is 11.4. The molecule has 2 atom stereocenters. The van der Waals surface area contributed by atoms with Gasteiger partial charge in [-0.05, 0) is 12.5 Å². The molecule has 1 heterocycles. The van der Waals surface area contributed by atoms with Gasteiger partial charge in [-0.25, -0.2) is 4.79 Å². The van der Waals surface area contributed by atoms with Gasteiger partial charge in [-0.3, -0.25) is 0 Å². The van der Waals surface area contributed by atoms with E-state index in [1.54, 1.807) is 0 Å². The third-order valence-electron chi connectivity index (χ3n) is 2.91. The standard InChI is InChI=1S/C13H17NO3/c1-2-10(14)9-5-3-4-6-11(9)17-12-7-8-16-13(12)15/h3-6,10,12H,2,7-8,14H2,1H3/t10-,12?/m0/s1. The molecule has 4 heteroatoms. The molecule has 1 aromatic rings. The zero-order chi connectivity index (χ0) is 12.3. The van der Waals surface area contributed by atoms with Crippen molar-refractivity contribution in [2.45, 2.75) is 31.9 Å². The molecular formula is C13H17NO3. The number of carbonyl (C=O) groups excluding carboxylic acids is 1. The van der Waals surface area contributed by atoms with Gasteiger partial charge in [-0.2, -0.15) is 0 Å². The van der Waals surface area contributed by atoms with E-state index in [9.17, 15) is 4.79 Å². The Bertz CT molecular complexity index is 405. The lowest BCUT2D eigenvalue weighted by molar-refractivity contribution is -0.143. The summed E-state index contributed by atoms with van der Waals surface area (Å²) in [5.74, 6) is 0.399. The molecule has 1 saturated heterocycles. The predicted molar refractivity (Wildman–Crippen MR) is 63.7 cm³/mol. The van der Waals surface area contributed by atoms with Crippen molar-refractivity contribution >= 4 is 5.97 Å². The van der Waals surface area contributed by atoms with Gasteiger partial charge in [0.25, 0.3) is 0 Å². The second kappa shape index (κ2) is 5.19. The molecule has 0 aliphatic carbocycles. The minimum absolute atomic E-state index is 0.0661. The lowest BCUT2D eigenvalue weighted by Gasteiger charge is -2.17. The Kier molecular flexibility index (Phi) is 3.64. The third kappa shape index (κ3) is 2.58. The molecule has 1 fully saturated rings. The normalized spacial score (nSPS) is 21.1. The smallest absolute Gasteiger partial charge is 0.347 e. The minimum atomic E-state index is -0.486. The van der Waals surface area contributed by atoms with Crippen molar-refractivity contribution in [1.82, 2.24) is 0 Å². The summed E-state index contributed by atoms with van der Waals surface area (Å²) >= 11 is 0. The fraction of sp³-hybridized carbons (Fsp3) is 0.462. The SMILES string of the molecule is CC[C@H](N)c1ccccc1OC1CCOC1=O. The van der Waals surface area contributed by atoms with Gasteiger partial charge in [0.05, 0.1) is 6.61 Å². The lowest BCUT2D eigenvalue weighted by atomic mass is 10.0. The van der Waals surface area contributed by atoms with Crippen molar-refractivity contribution in [2.24, 2.45) is 5.73 Å². The van der Waals surface area contributed by atoms with Gasteiger partial charge in [-0.1, -0.05) is 25.1 Å². The molecule has 92 valence electrons. The molecule has 0 spiro atoms. The number of hydrogen-bond acceptors (Lipinski definition) is 4. The zero-order valence-corrected chi connectivity index (χ0v) is 9.89. The Balaban J connectivity index is 2.17. The number of rotatable bonds is 4. The summed E-state index contributed by atoms with van der Waals surface area (Å²) < 4.78 is 10.6. The van der Waals surface area contributed by atoms with E-state index in [0.29, 0.717) is 18.8 Å². The molecule has 2 N–H and O–H groups in total. The van der Waals surface area contributed by atoms with E-state index >= 15 is 0 Å².